The number of rotatable bonds is 4. The third kappa shape index (κ3) is 2.72. The molecule has 0 amide bonds. The molecule has 4 heteroatoms. The van der Waals surface area contributed by atoms with Crippen LogP contribution in [0.25, 0.3) is 0 Å². The van der Waals surface area contributed by atoms with Crippen LogP contribution >= 0.6 is 0 Å². The summed E-state index contributed by atoms with van der Waals surface area (Å²) in [6, 6.07) is 10.4. The first-order valence-corrected chi connectivity index (χ1v) is 5.31. The fourth-order valence-electron chi connectivity index (χ4n) is 1.59. The summed E-state index contributed by atoms with van der Waals surface area (Å²) < 4.78 is 10.2. The van der Waals surface area contributed by atoms with Crippen LogP contribution in [0.4, 0.5) is 0 Å². The number of nitrogens with zero attached hydrogens (tertiary/aromatic N) is 2. The maximum absolute atomic E-state index is 5.23. The summed E-state index contributed by atoms with van der Waals surface area (Å²) in [5.74, 6) is 0.556. The van der Waals surface area contributed by atoms with E-state index in [1.54, 1.807) is 13.3 Å². The SMILES string of the molecule is COc1ncc(Cc2ccccc2)c(OC)n1. The van der Waals surface area contributed by atoms with E-state index < -0.39 is 0 Å². The first kappa shape index (κ1) is 11.4. The Kier molecular flexibility index (Phi) is 3.55. The normalized spacial score (nSPS) is 10.0. The molecule has 0 saturated carbocycles. The molecule has 0 spiro atoms. The summed E-state index contributed by atoms with van der Waals surface area (Å²) in [6.45, 7) is 0. The van der Waals surface area contributed by atoms with E-state index in [0.717, 1.165) is 12.0 Å². The topological polar surface area (TPSA) is 44.2 Å². The minimum Gasteiger partial charge on any atom is -0.481 e. The average Bonchev–Trinajstić information content (AvgIpc) is 2.40. The predicted molar refractivity (Wildman–Crippen MR) is 64.4 cm³/mol. The summed E-state index contributed by atoms with van der Waals surface area (Å²) in [5, 5.41) is 0. The van der Waals surface area contributed by atoms with E-state index >= 15 is 0 Å². The Hall–Kier alpha value is -2.10. The molecule has 1 aromatic heterocycles. The molecule has 0 fully saturated rings. The number of ether oxygens (including phenoxy) is 2. The average molecular weight is 230 g/mol. The van der Waals surface area contributed by atoms with Crippen molar-refractivity contribution in [1.29, 1.82) is 0 Å². The number of hydrogen-bond donors (Lipinski definition) is 0. The van der Waals surface area contributed by atoms with E-state index in [0.29, 0.717) is 11.9 Å². The van der Waals surface area contributed by atoms with Crippen LogP contribution in [0.2, 0.25) is 0 Å². The van der Waals surface area contributed by atoms with Crippen molar-refractivity contribution in [3.05, 3.63) is 47.7 Å². The van der Waals surface area contributed by atoms with Gasteiger partial charge in [0.25, 0.3) is 0 Å². The second-order valence-electron chi connectivity index (χ2n) is 3.55. The van der Waals surface area contributed by atoms with Gasteiger partial charge in [-0.1, -0.05) is 30.3 Å². The highest BCUT2D eigenvalue weighted by Crippen LogP contribution is 2.20. The molecule has 88 valence electrons. The first-order valence-electron chi connectivity index (χ1n) is 5.31. The summed E-state index contributed by atoms with van der Waals surface area (Å²) in [5.41, 5.74) is 2.14. The molecule has 0 N–H and O–H groups in total. The van der Waals surface area contributed by atoms with Gasteiger partial charge in [0.2, 0.25) is 5.88 Å². The van der Waals surface area contributed by atoms with Crippen LogP contribution in [0.3, 0.4) is 0 Å². The lowest BCUT2D eigenvalue weighted by Gasteiger charge is -2.08. The fraction of sp³-hybridized carbons (Fsp3) is 0.231. The molecule has 4 nitrogen and oxygen atoms in total. The van der Waals surface area contributed by atoms with Crippen molar-refractivity contribution in [1.82, 2.24) is 9.97 Å². The van der Waals surface area contributed by atoms with Crippen LogP contribution in [0, 0.1) is 0 Å². The van der Waals surface area contributed by atoms with E-state index in [1.807, 2.05) is 18.2 Å². The Morgan fingerprint density at radius 1 is 1.06 bits per heavy atom. The van der Waals surface area contributed by atoms with Gasteiger partial charge in [0.1, 0.15) is 0 Å². The fourth-order valence-corrected chi connectivity index (χ4v) is 1.59. The Balaban J connectivity index is 2.26. The van der Waals surface area contributed by atoms with Gasteiger partial charge >= 0.3 is 6.01 Å². The van der Waals surface area contributed by atoms with Crippen LogP contribution in [-0.4, -0.2) is 24.2 Å². The van der Waals surface area contributed by atoms with Gasteiger partial charge in [0.05, 0.1) is 14.2 Å². The Morgan fingerprint density at radius 3 is 2.47 bits per heavy atom. The van der Waals surface area contributed by atoms with Gasteiger partial charge in [-0.15, -0.1) is 0 Å². The molecule has 0 aliphatic heterocycles. The van der Waals surface area contributed by atoms with E-state index in [1.165, 1.54) is 12.7 Å². The molecular weight excluding hydrogens is 216 g/mol. The maximum Gasteiger partial charge on any atom is 0.319 e. The summed E-state index contributed by atoms with van der Waals surface area (Å²) in [6.07, 6.45) is 2.48. The van der Waals surface area contributed by atoms with Crippen LogP contribution in [0.15, 0.2) is 36.5 Å². The van der Waals surface area contributed by atoms with Gasteiger partial charge in [0, 0.05) is 18.2 Å². The van der Waals surface area contributed by atoms with Crippen molar-refractivity contribution in [3.8, 4) is 11.9 Å². The number of methoxy groups -OCH3 is 2. The molecule has 0 bridgehead atoms. The zero-order valence-electron chi connectivity index (χ0n) is 9.88. The van der Waals surface area contributed by atoms with Gasteiger partial charge < -0.3 is 9.47 Å². The molecule has 0 aliphatic rings. The smallest absolute Gasteiger partial charge is 0.319 e. The second kappa shape index (κ2) is 5.30. The quantitative estimate of drug-likeness (QED) is 0.806. The molecule has 2 rings (SSSR count). The molecule has 0 saturated heterocycles. The number of benzene rings is 1. The lowest BCUT2D eigenvalue weighted by Crippen LogP contribution is -2.00. The lowest BCUT2D eigenvalue weighted by atomic mass is 10.1. The lowest BCUT2D eigenvalue weighted by molar-refractivity contribution is 0.349. The molecule has 0 radical (unpaired) electrons. The van der Waals surface area contributed by atoms with Crippen molar-refractivity contribution in [3.63, 3.8) is 0 Å². The van der Waals surface area contributed by atoms with E-state index in [2.05, 4.69) is 22.1 Å². The number of hydrogen-bond acceptors (Lipinski definition) is 4. The van der Waals surface area contributed by atoms with Gasteiger partial charge in [0.15, 0.2) is 0 Å². The van der Waals surface area contributed by atoms with E-state index in [4.69, 9.17) is 9.47 Å². The van der Waals surface area contributed by atoms with E-state index in [9.17, 15) is 0 Å². The molecular formula is C13H14N2O2. The summed E-state index contributed by atoms with van der Waals surface area (Å²) in [7, 11) is 3.13. The largest absolute Gasteiger partial charge is 0.481 e. The molecule has 0 aliphatic carbocycles. The van der Waals surface area contributed by atoms with Gasteiger partial charge in [-0.3, -0.25) is 0 Å². The van der Waals surface area contributed by atoms with Crippen molar-refractivity contribution >= 4 is 0 Å². The van der Waals surface area contributed by atoms with Gasteiger partial charge in [-0.2, -0.15) is 4.98 Å². The highest BCUT2D eigenvalue weighted by molar-refractivity contribution is 5.31. The van der Waals surface area contributed by atoms with E-state index in [-0.39, 0.29) is 0 Å². The van der Waals surface area contributed by atoms with Crippen molar-refractivity contribution in [2.45, 2.75) is 6.42 Å². The molecule has 1 heterocycles. The maximum atomic E-state index is 5.23. The van der Waals surface area contributed by atoms with Crippen molar-refractivity contribution < 1.29 is 9.47 Å². The zero-order chi connectivity index (χ0) is 12.1. The monoisotopic (exact) mass is 230 g/mol. The Morgan fingerprint density at radius 2 is 1.82 bits per heavy atom. The van der Waals surface area contributed by atoms with Crippen LogP contribution in [0.5, 0.6) is 11.9 Å². The number of aromatic nitrogens is 2. The minimum atomic E-state index is 0.318. The molecule has 1 aromatic carbocycles. The highest BCUT2D eigenvalue weighted by Gasteiger charge is 2.08. The van der Waals surface area contributed by atoms with Crippen molar-refractivity contribution in [2.24, 2.45) is 0 Å². The highest BCUT2D eigenvalue weighted by atomic mass is 16.5. The van der Waals surface area contributed by atoms with Crippen LogP contribution in [-0.2, 0) is 6.42 Å². The molecule has 2 aromatic rings. The van der Waals surface area contributed by atoms with Gasteiger partial charge in [-0.05, 0) is 5.56 Å². The Labute approximate surface area is 100 Å². The van der Waals surface area contributed by atoms with Crippen molar-refractivity contribution in [2.75, 3.05) is 14.2 Å². The van der Waals surface area contributed by atoms with Crippen LogP contribution < -0.4 is 9.47 Å². The molecule has 0 atom stereocenters. The first-order chi connectivity index (χ1) is 8.33. The standard InChI is InChI=1S/C13H14N2O2/c1-16-12-11(9-14-13(15-12)17-2)8-10-6-4-3-5-7-10/h3-7,9H,8H2,1-2H3. The summed E-state index contributed by atoms with van der Waals surface area (Å²) >= 11 is 0. The minimum absolute atomic E-state index is 0.318. The predicted octanol–water partition coefficient (Wildman–Crippen LogP) is 2.08. The second-order valence-corrected chi connectivity index (χ2v) is 3.55. The summed E-state index contributed by atoms with van der Waals surface area (Å²) in [4.78, 5) is 8.24. The molecule has 17 heavy (non-hydrogen) atoms. The Bertz CT molecular complexity index is 486. The third-order valence-electron chi connectivity index (χ3n) is 2.42. The van der Waals surface area contributed by atoms with Gasteiger partial charge in [-0.25, -0.2) is 4.98 Å². The zero-order valence-corrected chi connectivity index (χ0v) is 9.88. The van der Waals surface area contributed by atoms with Crippen LogP contribution in [0.1, 0.15) is 11.1 Å². The molecule has 0 unspecified atom stereocenters. The third-order valence-corrected chi connectivity index (χ3v) is 2.42.